The monoisotopic (exact) mass is 553 g/mol. The van der Waals surface area contributed by atoms with Gasteiger partial charge in [0.1, 0.15) is 12.1 Å². The second-order valence-electron chi connectivity index (χ2n) is 10.3. The second-order valence-corrected chi connectivity index (χ2v) is 10.3. The minimum Gasteiger partial charge on any atom is -0.360 e. The summed E-state index contributed by atoms with van der Waals surface area (Å²) >= 11 is 0. The number of rotatable bonds is 14. The summed E-state index contributed by atoms with van der Waals surface area (Å²) in [5.41, 5.74) is 9.10. The fourth-order valence-corrected chi connectivity index (χ4v) is 4.94. The summed E-state index contributed by atoms with van der Waals surface area (Å²) < 4.78 is 0. The van der Waals surface area contributed by atoms with E-state index in [2.05, 4.69) is 15.6 Å². The average Bonchev–Trinajstić information content (AvgIpc) is 3.44. The summed E-state index contributed by atoms with van der Waals surface area (Å²) in [7, 11) is 1.74. The summed E-state index contributed by atoms with van der Waals surface area (Å²) in [6.07, 6.45) is 4.51. The third-order valence-electron chi connectivity index (χ3n) is 7.22. The Hall–Kier alpha value is -4.43. The number of nitrogens with two attached hydrogens (primary N) is 1. The molecule has 0 aliphatic carbocycles. The van der Waals surface area contributed by atoms with Gasteiger partial charge in [0, 0.05) is 30.7 Å². The van der Waals surface area contributed by atoms with Crippen molar-refractivity contribution in [3.63, 3.8) is 0 Å². The number of carbonyl (C=O) groups excluding carboxylic acids is 3. The number of unbranched alkanes of at least 4 members (excludes halogenated alkanes) is 1. The van der Waals surface area contributed by atoms with E-state index in [9.17, 15) is 14.4 Å². The molecule has 0 bridgehead atoms. The van der Waals surface area contributed by atoms with Gasteiger partial charge in [-0.1, -0.05) is 78.9 Å². The lowest BCUT2D eigenvalue weighted by Gasteiger charge is -2.27. The molecule has 41 heavy (non-hydrogen) atoms. The highest BCUT2D eigenvalue weighted by Gasteiger charge is 2.29. The molecule has 8 heteroatoms. The van der Waals surface area contributed by atoms with Gasteiger partial charge >= 0.3 is 0 Å². The molecule has 0 unspecified atom stereocenters. The van der Waals surface area contributed by atoms with Crippen LogP contribution in [0.2, 0.25) is 0 Å². The molecule has 4 aromatic rings. The van der Waals surface area contributed by atoms with Crippen LogP contribution in [-0.2, 0) is 22.6 Å². The van der Waals surface area contributed by atoms with Crippen LogP contribution in [-0.4, -0.2) is 53.3 Å². The fourth-order valence-electron chi connectivity index (χ4n) is 4.94. The maximum Gasteiger partial charge on any atom is 0.254 e. The van der Waals surface area contributed by atoms with Gasteiger partial charge in [0.2, 0.25) is 11.8 Å². The van der Waals surface area contributed by atoms with Gasteiger partial charge in [0.25, 0.3) is 5.91 Å². The number of benzene rings is 3. The Labute approximate surface area is 241 Å². The Balaban J connectivity index is 1.50. The lowest BCUT2D eigenvalue weighted by atomic mass is 10.0. The van der Waals surface area contributed by atoms with Gasteiger partial charge < -0.3 is 26.3 Å². The van der Waals surface area contributed by atoms with Crippen molar-refractivity contribution in [2.45, 2.75) is 50.7 Å². The first kappa shape index (κ1) is 29.6. The number of nitrogens with zero attached hydrogens (tertiary/aromatic N) is 1. The Morgan fingerprint density at radius 1 is 0.805 bits per heavy atom. The highest BCUT2D eigenvalue weighted by atomic mass is 16.2. The quantitative estimate of drug-likeness (QED) is 0.175. The van der Waals surface area contributed by atoms with Gasteiger partial charge in [-0.2, -0.15) is 0 Å². The largest absolute Gasteiger partial charge is 0.360 e. The van der Waals surface area contributed by atoms with Crippen LogP contribution >= 0.6 is 0 Å². The van der Waals surface area contributed by atoms with Crippen LogP contribution in [0, 0.1) is 0 Å². The molecule has 3 amide bonds. The summed E-state index contributed by atoms with van der Waals surface area (Å²) in [6, 6.07) is 25.6. The molecular formula is C33H39N5O3. The average molecular weight is 554 g/mol. The second kappa shape index (κ2) is 14.8. The van der Waals surface area contributed by atoms with E-state index in [1.165, 1.54) is 0 Å². The number of aromatic nitrogens is 1. The molecule has 2 atom stereocenters. The standard InChI is InChI=1S/C33H39N5O3/c1-38(23-25-14-6-3-7-15-25)33(41)30(20-19-24-12-4-2-5-13-24)37-32(40)29(18-10-11-21-34)36-31(39)27-22-35-28-17-9-8-16-26(27)28/h2-9,12-17,22,29-30,35H,10-11,18-21,23,34H2,1H3,(H,36,39)(H,37,40)/t29-,30-/m0/s1. The number of amides is 3. The summed E-state index contributed by atoms with van der Waals surface area (Å²) in [6.45, 7) is 0.918. The molecule has 0 radical (unpaired) electrons. The normalized spacial score (nSPS) is 12.4. The number of para-hydroxylation sites is 1. The number of nitrogens with one attached hydrogen (secondary N) is 3. The van der Waals surface area contributed by atoms with Gasteiger partial charge in [0.05, 0.1) is 5.56 Å². The van der Waals surface area contributed by atoms with E-state index in [1.807, 2.05) is 84.9 Å². The van der Waals surface area contributed by atoms with E-state index in [1.54, 1.807) is 18.1 Å². The van der Waals surface area contributed by atoms with Gasteiger partial charge in [-0.25, -0.2) is 0 Å². The van der Waals surface area contributed by atoms with E-state index in [0.717, 1.165) is 28.5 Å². The van der Waals surface area contributed by atoms with Crippen LogP contribution in [0.5, 0.6) is 0 Å². The summed E-state index contributed by atoms with van der Waals surface area (Å²) in [5.74, 6) is -0.903. The van der Waals surface area contributed by atoms with Crippen molar-refractivity contribution in [3.8, 4) is 0 Å². The first-order chi connectivity index (χ1) is 20.0. The molecule has 1 heterocycles. The predicted molar refractivity (Wildman–Crippen MR) is 162 cm³/mol. The molecule has 0 aliphatic rings. The molecule has 5 N–H and O–H groups in total. The molecule has 0 aliphatic heterocycles. The van der Waals surface area contributed by atoms with Crippen molar-refractivity contribution in [1.29, 1.82) is 0 Å². The van der Waals surface area contributed by atoms with Gasteiger partial charge in [0.15, 0.2) is 0 Å². The predicted octanol–water partition coefficient (Wildman–Crippen LogP) is 4.17. The molecule has 3 aromatic carbocycles. The van der Waals surface area contributed by atoms with E-state index in [4.69, 9.17) is 5.73 Å². The van der Waals surface area contributed by atoms with Crippen molar-refractivity contribution in [1.82, 2.24) is 20.5 Å². The zero-order valence-electron chi connectivity index (χ0n) is 23.5. The van der Waals surface area contributed by atoms with Crippen molar-refractivity contribution in [2.24, 2.45) is 5.73 Å². The third kappa shape index (κ3) is 8.28. The zero-order chi connectivity index (χ0) is 29.0. The van der Waals surface area contributed by atoms with Gasteiger partial charge in [-0.3, -0.25) is 14.4 Å². The van der Waals surface area contributed by atoms with Crippen LogP contribution in [0.3, 0.4) is 0 Å². The number of aromatic amines is 1. The van der Waals surface area contributed by atoms with E-state index >= 15 is 0 Å². The number of H-pyrrole nitrogens is 1. The minimum atomic E-state index is -0.811. The number of fused-ring (bicyclic) bond motifs is 1. The van der Waals surface area contributed by atoms with E-state index in [-0.39, 0.29) is 17.7 Å². The van der Waals surface area contributed by atoms with Crippen LogP contribution in [0.4, 0.5) is 0 Å². The van der Waals surface area contributed by atoms with Crippen molar-refractivity contribution in [3.05, 3.63) is 108 Å². The molecular weight excluding hydrogens is 514 g/mol. The first-order valence-corrected chi connectivity index (χ1v) is 14.2. The number of likely N-dealkylation sites (N-methyl/N-ethyl adjacent to an activating group) is 1. The fraction of sp³-hybridized carbons (Fsp3) is 0.303. The van der Waals surface area contributed by atoms with Crippen LogP contribution in [0.1, 0.15) is 47.2 Å². The van der Waals surface area contributed by atoms with Crippen LogP contribution in [0.25, 0.3) is 10.9 Å². The Kier molecular flexibility index (Phi) is 10.7. The SMILES string of the molecule is CN(Cc1ccccc1)C(=O)[C@H](CCc1ccccc1)NC(=O)[C@H](CCCCN)NC(=O)c1c[nH]c2ccccc12. The highest BCUT2D eigenvalue weighted by molar-refractivity contribution is 6.08. The Morgan fingerprint density at radius 3 is 2.17 bits per heavy atom. The summed E-state index contributed by atoms with van der Waals surface area (Å²) in [5, 5.41) is 6.69. The number of hydrogen-bond donors (Lipinski definition) is 4. The highest BCUT2D eigenvalue weighted by Crippen LogP contribution is 2.18. The van der Waals surface area contributed by atoms with Crippen molar-refractivity contribution < 1.29 is 14.4 Å². The first-order valence-electron chi connectivity index (χ1n) is 14.2. The maximum absolute atomic E-state index is 13.7. The molecule has 0 spiro atoms. The molecule has 8 nitrogen and oxygen atoms in total. The topological polar surface area (TPSA) is 120 Å². The van der Waals surface area contributed by atoms with Gasteiger partial charge in [-0.15, -0.1) is 0 Å². The van der Waals surface area contributed by atoms with E-state index < -0.39 is 12.1 Å². The van der Waals surface area contributed by atoms with Gasteiger partial charge in [-0.05, 0) is 55.8 Å². The van der Waals surface area contributed by atoms with Crippen molar-refractivity contribution in [2.75, 3.05) is 13.6 Å². The lowest BCUT2D eigenvalue weighted by molar-refractivity contribution is -0.136. The molecule has 214 valence electrons. The molecule has 0 saturated heterocycles. The molecule has 1 aromatic heterocycles. The Bertz CT molecular complexity index is 1420. The lowest BCUT2D eigenvalue weighted by Crippen LogP contribution is -2.54. The Morgan fingerprint density at radius 2 is 1.46 bits per heavy atom. The van der Waals surface area contributed by atoms with E-state index in [0.29, 0.717) is 44.3 Å². The van der Waals surface area contributed by atoms with Crippen molar-refractivity contribution >= 4 is 28.6 Å². The number of aryl methyl sites for hydroxylation is 1. The smallest absolute Gasteiger partial charge is 0.254 e. The number of hydrogen-bond acceptors (Lipinski definition) is 4. The third-order valence-corrected chi connectivity index (χ3v) is 7.22. The maximum atomic E-state index is 13.7. The van der Waals surface area contributed by atoms with Crippen LogP contribution < -0.4 is 16.4 Å². The zero-order valence-corrected chi connectivity index (χ0v) is 23.5. The molecule has 0 fully saturated rings. The molecule has 0 saturated carbocycles. The molecule has 4 rings (SSSR count). The number of carbonyl (C=O) groups is 3. The van der Waals surface area contributed by atoms with Crippen LogP contribution in [0.15, 0.2) is 91.1 Å². The minimum absolute atomic E-state index is 0.179. The summed E-state index contributed by atoms with van der Waals surface area (Å²) in [4.78, 5) is 45.4.